The average molecular weight is 575 g/mol. The number of pyridine rings is 1. The van der Waals surface area contributed by atoms with Gasteiger partial charge in [-0.3, -0.25) is 4.57 Å². The summed E-state index contributed by atoms with van der Waals surface area (Å²) in [5.74, 6) is 0. The van der Waals surface area contributed by atoms with Crippen molar-refractivity contribution in [2.75, 3.05) is 0 Å². The molecule has 4 heterocycles. The highest BCUT2D eigenvalue weighted by Gasteiger charge is 2.22. The summed E-state index contributed by atoms with van der Waals surface area (Å²) >= 11 is 0. The second-order valence-corrected chi connectivity index (χ2v) is 11.6. The molecular weight excluding hydrogens is 548 g/mol. The van der Waals surface area contributed by atoms with Gasteiger partial charge < -0.3 is 9.13 Å². The Hall–Kier alpha value is -6.13. The molecule has 0 unspecified atom stereocenters. The zero-order valence-electron chi connectivity index (χ0n) is 24.3. The van der Waals surface area contributed by atoms with Gasteiger partial charge in [-0.15, -0.1) is 0 Å². The number of rotatable bonds is 3. The highest BCUT2D eigenvalue weighted by Crippen LogP contribution is 2.42. The molecule has 0 saturated carbocycles. The first kappa shape index (κ1) is 24.3. The van der Waals surface area contributed by atoms with Crippen molar-refractivity contribution in [3.63, 3.8) is 0 Å². The van der Waals surface area contributed by atoms with Gasteiger partial charge in [-0.1, -0.05) is 84.9 Å². The van der Waals surface area contributed by atoms with Crippen molar-refractivity contribution in [2.45, 2.75) is 0 Å². The molecule has 0 bridgehead atoms. The van der Waals surface area contributed by atoms with Crippen LogP contribution in [0.2, 0.25) is 0 Å². The molecule has 0 aliphatic heterocycles. The Kier molecular flexibility index (Phi) is 4.96. The van der Waals surface area contributed by atoms with Crippen molar-refractivity contribution >= 4 is 65.5 Å². The van der Waals surface area contributed by atoms with E-state index in [1.807, 2.05) is 12.3 Å². The van der Waals surface area contributed by atoms with Crippen LogP contribution >= 0.6 is 0 Å². The van der Waals surface area contributed by atoms with Crippen LogP contribution in [0.4, 0.5) is 0 Å². The monoisotopic (exact) mass is 574 g/mol. The first-order valence-corrected chi connectivity index (χ1v) is 15.3. The lowest BCUT2D eigenvalue weighted by molar-refractivity contribution is 1.13. The molecule has 0 fully saturated rings. The van der Waals surface area contributed by atoms with Crippen LogP contribution in [0.5, 0.6) is 0 Å². The molecule has 0 N–H and O–H groups in total. The van der Waals surface area contributed by atoms with Gasteiger partial charge in [-0.2, -0.15) is 0 Å². The van der Waals surface area contributed by atoms with Crippen LogP contribution in [0.3, 0.4) is 0 Å². The Balaban J connectivity index is 1.38. The molecule has 0 aliphatic carbocycles. The Morgan fingerprint density at radius 2 is 0.844 bits per heavy atom. The summed E-state index contributed by atoms with van der Waals surface area (Å²) in [6.07, 6.45) is 1.88. The van der Waals surface area contributed by atoms with Crippen LogP contribution < -0.4 is 0 Å². The maximum Gasteiger partial charge on any atom is 0.145 e. The van der Waals surface area contributed by atoms with E-state index in [2.05, 4.69) is 159 Å². The summed E-state index contributed by atoms with van der Waals surface area (Å²) in [7, 11) is 0. The van der Waals surface area contributed by atoms with E-state index in [-0.39, 0.29) is 0 Å². The normalized spacial score (nSPS) is 12.0. The summed E-state index contributed by atoms with van der Waals surface area (Å²) in [6.45, 7) is 0. The topological polar surface area (TPSA) is 27.7 Å². The predicted octanol–water partition coefficient (Wildman–Crippen LogP) is 10.4. The molecule has 10 rings (SSSR count). The van der Waals surface area contributed by atoms with E-state index in [0.717, 1.165) is 33.6 Å². The van der Waals surface area contributed by atoms with Gasteiger partial charge in [0.25, 0.3) is 0 Å². The van der Waals surface area contributed by atoms with E-state index >= 15 is 0 Å². The van der Waals surface area contributed by atoms with Crippen LogP contribution in [-0.2, 0) is 0 Å². The molecule has 210 valence electrons. The van der Waals surface area contributed by atoms with Crippen molar-refractivity contribution in [1.29, 1.82) is 0 Å². The minimum Gasteiger partial charge on any atom is -0.307 e. The second kappa shape index (κ2) is 9.18. The fraction of sp³-hybridized carbons (Fsp3) is 0. The zero-order valence-corrected chi connectivity index (χ0v) is 24.3. The van der Waals surface area contributed by atoms with Gasteiger partial charge in [0.05, 0.1) is 27.6 Å². The molecule has 0 spiro atoms. The fourth-order valence-electron chi connectivity index (χ4n) is 7.43. The molecule has 4 nitrogen and oxygen atoms in total. The molecule has 4 heteroatoms. The van der Waals surface area contributed by atoms with Gasteiger partial charge in [0.1, 0.15) is 5.65 Å². The van der Waals surface area contributed by atoms with E-state index in [1.165, 1.54) is 49.0 Å². The summed E-state index contributed by atoms with van der Waals surface area (Å²) < 4.78 is 7.17. The molecule has 0 radical (unpaired) electrons. The number of hydrogen-bond donors (Lipinski definition) is 0. The van der Waals surface area contributed by atoms with Gasteiger partial charge in [0, 0.05) is 55.6 Å². The van der Waals surface area contributed by atoms with Crippen LogP contribution in [0.25, 0.3) is 82.6 Å². The lowest BCUT2D eigenvalue weighted by atomic mass is 10.1. The lowest BCUT2D eigenvalue weighted by Gasteiger charge is -2.13. The Morgan fingerprint density at radius 3 is 1.49 bits per heavy atom. The molecule has 10 aromatic rings. The summed E-state index contributed by atoms with van der Waals surface area (Å²) in [4.78, 5) is 4.85. The zero-order chi connectivity index (χ0) is 29.5. The number of nitrogens with zero attached hydrogens (tertiary/aromatic N) is 4. The lowest BCUT2D eigenvalue weighted by Crippen LogP contribution is -1.99. The minimum atomic E-state index is 0.963. The van der Waals surface area contributed by atoms with Gasteiger partial charge >= 0.3 is 0 Å². The highest BCUT2D eigenvalue weighted by molar-refractivity contribution is 6.24. The average Bonchev–Trinajstić information content (AvgIpc) is 3.74. The number of benzene rings is 6. The van der Waals surface area contributed by atoms with E-state index in [1.54, 1.807) is 0 Å². The van der Waals surface area contributed by atoms with E-state index in [0.29, 0.717) is 0 Å². The fourth-order valence-corrected chi connectivity index (χ4v) is 7.43. The first-order chi connectivity index (χ1) is 22.4. The Morgan fingerprint density at radius 1 is 0.333 bits per heavy atom. The minimum absolute atomic E-state index is 0.963. The number of para-hydroxylation sites is 4. The third-order valence-electron chi connectivity index (χ3n) is 9.27. The molecule has 4 aromatic heterocycles. The quantitative estimate of drug-likeness (QED) is 0.206. The Bertz CT molecular complexity index is 2750. The maximum atomic E-state index is 4.85. The van der Waals surface area contributed by atoms with Crippen molar-refractivity contribution in [3.8, 4) is 17.1 Å². The third kappa shape index (κ3) is 3.34. The number of fused-ring (bicyclic) bond motifs is 10. The predicted molar refractivity (Wildman–Crippen MR) is 187 cm³/mol. The van der Waals surface area contributed by atoms with Crippen LogP contribution in [-0.4, -0.2) is 18.7 Å². The van der Waals surface area contributed by atoms with Gasteiger partial charge in [0.2, 0.25) is 0 Å². The van der Waals surface area contributed by atoms with Gasteiger partial charge in [0.15, 0.2) is 0 Å². The molecular formula is C41H26N4. The van der Waals surface area contributed by atoms with Gasteiger partial charge in [-0.05, 0) is 66.7 Å². The van der Waals surface area contributed by atoms with Gasteiger partial charge in [-0.25, -0.2) is 4.98 Å². The van der Waals surface area contributed by atoms with Crippen LogP contribution in [0.15, 0.2) is 158 Å². The smallest absolute Gasteiger partial charge is 0.145 e. The summed E-state index contributed by atoms with van der Waals surface area (Å²) in [6, 6.07) is 54.5. The summed E-state index contributed by atoms with van der Waals surface area (Å²) in [5.41, 5.74) is 10.3. The molecule has 0 atom stereocenters. The standard InChI is InChI=1S/C41H26N4/c1-3-12-27(13-4-1)43-36-19-9-7-16-30(36)32-22-23-33-31-17-8-10-20-37(31)44(40(33)39(32)43)29-21-24-38-35(26-29)34-18-11-25-42-41(34)45(38)28-14-5-2-6-15-28/h1-26H. The second-order valence-electron chi connectivity index (χ2n) is 11.6. The number of hydrogen-bond acceptors (Lipinski definition) is 1. The van der Waals surface area contributed by atoms with Crippen LogP contribution in [0.1, 0.15) is 0 Å². The molecule has 45 heavy (non-hydrogen) atoms. The van der Waals surface area contributed by atoms with Crippen molar-refractivity contribution in [2.24, 2.45) is 0 Å². The SMILES string of the molecule is c1ccc(-n2c3ccc(-n4c5ccccc5c5ccc6c7ccccc7n(-c7ccccc7)c6c54)cc3c3cccnc32)cc1. The molecule has 0 aliphatic rings. The van der Waals surface area contributed by atoms with E-state index in [4.69, 9.17) is 4.98 Å². The maximum absolute atomic E-state index is 4.85. The number of aromatic nitrogens is 4. The van der Waals surface area contributed by atoms with Crippen LogP contribution in [0, 0.1) is 0 Å². The van der Waals surface area contributed by atoms with Crippen molar-refractivity contribution < 1.29 is 0 Å². The first-order valence-electron chi connectivity index (χ1n) is 15.3. The largest absolute Gasteiger partial charge is 0.307 e. The molecule has 0 saturated heterocycles. The van der Waals surface area contributed by atoms with Crippen molar-refractivity contribution in [1.82, 2.24) is 18.7 Å². The van der Waals surface area contributed by atoms with Crippen molar-refractivity contribution in [3.05, 3.63) is 158 Å². The van der Waals surface area contributed by atoms with E-state index < -0.39 is 0 Å². The molecule has 6 aromatic carbocycles. The highest BCUT2D eigenvalue weighted by atomic mass is 15.1. The Labute approximate surface area is 258 Å². The third-order valence-corrected chi connectivity index (χ3v) is 9.27. The van der Waals surface area contributed by atoms with E-state index in [9.17, 15) is 0 Å². The molecule has 0 amide bonds. The summed E-state index contributed by atoms with van der Waals surface area (Å²) in [5, 5.41) is 7.31.